The second-order valence-corrected chi connectivity index (χ2v) is 5.71. The van der Waals surface area contributed by atoms with Gasteiger partial charge in [-0.1, -0.05) is 0 Å². The number of aryl methyl sites for hydroxylation is 1. The number of anilines is 1. The zero-order valence-electron chi connectivity index (χ0n) is 11.7. The van der Waals surface area contributed by atoms with Gasteiger partial charge >= 0.3 is 0 Å². The fourth-order valence-electron chi connectivity index (χ4n) is 3.39. The smallest absolute Gasteiger partial charge is 0.134 e. The van der Waals surface area contributed by atoms with Crippen LogP contribution >= 0.6 is 0 Å². The van der Waals surface area contributed by atoms with Crippen molar-refractivity contribution in [3.05, 3.63) is 18.1 Å². The molecule has 5 nitrogen and oxygen atoms in total. The van der Waals surface area contributed by atoms with Crippen LogP contribution in [0.25, 0.3) is 0 Å². The zero-order chi connectivity index (χ0) is 13.2. The molecule has 0 radical (unpaired) electrons. The maximum atomic E-state index is 5.16. The topological polar surface area (TPSA) is 41.5 Å². The highest BCUT2D eigenvalue weighted by Gasteiger charge is 2.40. The highest BCUT2D eigenvalue weighted by molar-refractivity contribution is 5.46. The molecule has 0 amide bonds. The van der Waals surface area contributed by atoms with E-state index in [0.29, 0.717) is 0 Å². The summed E-state index contributed by atoms with van der Waals surface area (Å²) in [6.45, 7) is 8.67. The summed E-state index contributed by atoms with van der Waals surface area (Å²) in [5.41, 5.74) is 1.18. The molecule has 3 rings (SSSR count). The Kier molecular flexibility index (Phi) is 3.66. The molecule has 2 fully saturated rings. The Labute approximate surface area is 114 Å². The standard InChI is InChI=1S/C14H22N4O/c1-11-5-15-10-16-14(11)18-8-12-6-17(3-4-19-2)7-13(12)9-18/h5,10,12-13H,3-4,6-9H2,1-2H3. The molecule has 2 atom stereocenters. The van der Waals surface area contributed by atoms with E-state index in [9.17, 15) is 0 Å². The number of hydrogen-bond donors (Lipinski definition) is 0. The van der Waals surface area contributed by atoms with E-state index in [2.05, 4.69) is 26.7 Å². The van der Waals surface area contributed by atoms with Crippen molar-refractivity contribution in [3.8, 4) is 0 Å². The second-order valence-electron chi connectivity index (χ2n) is 5.71. The Morgan fingerprint density at radius 1 is 1.26 bits per heavy atom. The van der Waals surface area contributed by atoms with Crippen LogP contribution < -0.4 is 4.90 Å². The number of ether oxygens (including phenoxy) is 1. The Bertz CT molecular complexity index is 425. The van der Waals surface area contributed by atoms with E-state index < -0.39 is 0 Å². The number of aromatic nitrogens is 2. The van der Waals surface area contributed by atoms with E-state index in [1.54, 1.807) is 13.4 Å². The molecular formula is C14H22N4O. The molecule has 0 spiro atoms. The maximum absolute atomic E-state index is 5.16. The van der Waals surface area contributed by atoms with Crippen molar-refractivity contribution in [2.45, 2.75) is 6.92 Å². The van der Waals surface area contributed by atoms with Crippen molar-refractivity contribution in [2.24, 2.45) is 11.8 Å². The second kappa shape index (κ2) is 5.43. The van der Waals surface area contributed by atoms with E-state index in [0.717, 1.165) is 43.9 Å². The molecule has 2 saturated heterocycles. The Balaban J connectivity index is 1.61. The van der Waals surface area contributed by atoms with E-state index in [1.807, 2.05) is 6.20 Å². The molecule has 0 bridgehead atoms. The summed E-state index contributed by atoms with van der Waals surface area (Å²) in [6.07, 6.45) is 3.56. The molecule has 104 valence electrons. The van der Waals surface area contributed by atoms with Gasteiger partial charge in [-0.25, -0.2) is 9.97 Å². The monoisotopic (exact) mass is 262 g/mol. The van der Waals surface area contributed by atoms with Crippen LogP contribution in [0.3, 0.4) is 0 Å². The van der Waals surface area contributed by atoms with Gasteiger partial charge in [0.2, 0.25) is 0 Å². The number of hydrogen-bond acceptors (Lipinski definition) is 5. The summed E-state index contributed by atoms with van der Waals surface area (Å²) in [5.74, 6) is 2.69. The summed E-state index contributed by atoms with van der Waals surface area (Å²) < 4.78 is 5.16. The van der Waals surface area contributed by atoms with Crippen LogP contribution in [-0.4, -0.2) is 61.3 Å². The number of nitrogens with zero attached hydrogens (tertiary/aromatic N) is 4. The third kappa shape index (κ3) is 2.58. The predicted molar refractivity (Wildman–Crippen MR) is 74.3 cm³/mol. The Morgan fingerprint density at radius 2 is 2.00 bits per heavy atom. The SMILES string of the molecule is COCCN1CC2CN(c3ncncc3C)CC2C1. The minimum Gasteiger partial charge on any atom is -0.383 e. The molecule has 19 heavy (non-hydrogen) atoms. The summed E-state index contributed by atoms with van der Waals surface area (Å²) >= 11 is 0. The first-order chi connectivity index (χ1) is 9.28. The van der Waals surface area contributed by atoms with Gasteiger partial charge in [-0.15, -0.1) is 0 Å². The summed E-state index contributed by atoms with van der Waals surface area (Å²) in [5, 5.41) is 0. The molecule has 1 aromatic heterocycles. The van der Waals surface area contributed by atoms with Gasteiger partial charge in [0, 0.05) is 51.6 Å². The quantitative estimate of drug-likeness (QED) is 0.803. The molecule has 0 N–H and O–H groups in total. The summed E-state index contributed by atoms with van der Waals surface area (Å²) in [6, 6.07) is 0. The van der Waals surface area contributed by atoms with Gasteiger partial charge < -0.3 is 14.5 Å². The van der Waals surface area contributed by atoms with Crippen molar-refractivity contribution < 1.29 is 4.74 Å². The van der Waals surface area contributed by atoms with Crippen LogP contribution in [-0.2, 0) is 4.74 Å². The van der Waals surface area contributed by atoms with Crippen LogP contribution in [0.2, 0.25) is 0 Å². The minimum atomic E-state index is 0.784. The van der Waals surface area contributed by atoms with E-state index in [1.165, 1.54) is 18.7 Å². The van der Waals surface area contributed by atoms with Gasteiger partial charge in [-0.3, -0.25) is 0 Å². The molecule has 1 aromatic rings. The number of rotatable bonds is 4. The predicted octanol–water partition coefficient (Wildman–Crippen LogP) is 0.799. The number of likely N-dealkylation sites (tertiary alicyclic amines) is 1. The lowest BCUT2D eigenvalue weighted by Crippen LogP contribution is -2.31. The van der Waals surface area contributed by atoms with Crippen molar-refractivity contribution >= 4 is 5.82 Å². The number of methoxy groups -OCH3 is 1. The fraction of sp³-hybridized carbons (Fsp3) is 0.714. The average molecular weight is 262 g/mol. The van der Waals surface area contributed by atoms with Gasteiger partial charge in [0.1, 0.15) is 12.1 Å². The molecule has 2 aliphatic heterocycles. The lowest BCUT2D eigenvalue weighted by atomic mass is 10.0. The number of fused-ring (bicyclic) bond motifs is 1. The van der Waals surface area contributed by atoms with Crippen molar-refractivity contribution in [1.82, 2.24) is 14.9 Å². The molecule has 2 aliphatic rings. The first-order valence-corrected chi connectivity index (χ1v) is 7.00. The zero-order valence-corrected chi connectivity index (χ0v) is 11.7. The molecule has 0 aliphatic carbocycles. The average Bonchev–Trinajstić information content (AvgIpc) is 2.94. The van der Waals surface area contributed by atoms with Gasteiger partial charge in [0.15, 0.2) is 0 Å². The Morgan fingerprint density at radius 3 is 2.63 bits per heavy atom. The van der Waals surface area contributed by atoms with Crippen LogP contribution in [0.4, 0.5) is 5.82 Å². The van der Waals surface area contributed by atoms with Gasteiger partial charge in [-0.2, -0.15) is 0 Å². The molecule has 5 heteroatoms. The molecule has 0 aromatic carbocycles. The maximum Gasteiger partial charge on any atom is 0.134 e. The highest BCUT2D eigenvalue weighted by Crippen LogP contribution is 2.33. The van der Waals surface area contributed by atoms with Gasteiger partial charge in [-0.05, 0) is 18.8 Å². The van der Waals surface area contributed by atoms with Crippen LogP contribution in [0, 0.1) is 18.8 Å². The lowest BCUT2D eigenvalue weighted by molar-refractivity contribution is 0.157. The molecule has 0 saturated carbocycles. The first-order valence-electron chi connectivity index (χ1n) is 7.00. The Hall–Kier alpha value is -1.20. The van der Waals surface area contributed by atoms with Crippen molar-refractivity contribution in [3.63, 3.8) is 0 Å². The molecule has 3 heterocycles. The van der Waals surface area contributed by atoms with Gasteiger partial charge in [0.05, 0.1) is 6.61 Å². The third-order valence-corrected chi connectivity index (χ3v) is 4.34. The fourth-order valence-corrected chi connectivity index (χ4v) is 3.39. The van der Waals surface area contributed by atoms with Crippen LogP contribution in [0.1, 0.15) is 5.56 Å². The summed E-state index contributed by atoms with van der Waals surface area (Å²) in [7, 11) is 1.77. The first kappa shape index (κ1) is 12.8. The van der Waals surface area contributed by atoms with Crippen LogP contribution in [0.5, 0.6) is 0 Å². The minimum absolute atomic E-state index is 0.784. The largest absolute Gasteiger partial charge is 0.383 e. The normalized spacial score (nSPS) is 26.9. The van der Waals surface area contributed by atoms with Gasteiger partial charge in [0.25, 0.3) is 0 Å². The lowest BCUT2D eigenvalue weighted by Gasteiger charge is -2.22. The van der Waals surface area contributed by atoms with E-state index >= 15 is 0 Å². The molecular weight excluding hydrogens is 240 g/mol. The van der Waals surface area contributed by atoms with E-state index in [-0.39, 0.29) is 0 Å². The van der Waals surface area contributed by atoms with E-state index in [4.69, 9.17) is 4.74 Å². The van der Waals surface area contributed by atoms with Crippen molar-refractivity contribution in [2.75, 3.05) is 51.3 Å². The molecule has 2 unspecified atom stereocenters. The third-order valence-electron chi connectivity index (χ3n) is 4.34. The van der Waals surface area contributed by atoms with Crippen LogP contribution in [0.15, 0.2) is 12.5 Å². The summed E-state index contributed by atoms with van der Waals surface area (Å²) in [4.78, 5) is 13.5. The van der Waals surface area contributed by atoms with Crippen molar-refractivity contribution in [1.29, 1.82) is 0 Å². The highest BCUT2D eigenvalue weighted by atomic mass is 16.5.